The van der Waals surface area contributed by atoms with Crippen molar-refractivity contribution in [2.45, 2.75) is 69.9 Å². The molecule has 7 nitrogen and oxygen atoms in total. The van der Waals surface area contributed by atoms with Gasteiger partial charge in [0.05, 0.1) is 18.3 Å². The number of hydrogen-bond acceptors (Lipinski definition) is 6. The van der Waals surface area contributed by atoms with Gasteiger partial charge in [0.2, 0.25) is 5.91 Å². The van der Waals surface area contributed by atoms with E-state index in [0.29, 0.717) is 37.7 Å². The Hall–Kier alpha value is -2.90. The minimum atomic E-state index is -0.577. The zero-order valence-corrected chi connectivity index (χ0v) is 18.3. The van der Waals surface area contributed by atoms with Gasteiger partial charge in [-0.3, -0.25) is 4.79 Å². The molecule has 32 heavy (non-hydrogen) atoms. The number of amides is 1. The van der Waals surface area contributed by atoms with Gasteiger partial charge < -0.3 is 25.0 Å². The van der Waals surface area contributed by atoms with Gasteiger partial charge in [0, 0.05) is 25.1 Å². The smallest absolute Gasteiger partial charge is 0.342 e. The van der Waals surface area contributed by atoms with Crippen LogP contribution in [0.15, 0.2) is 54.8 Å². The van der Waals surface area contributed by atoms with Gasteiger partial charge in [-0.1, -0.05) is 43.4 Å². The Morgan fingerprint density at radius 1 is 1.19 bits per heavy atom. The second-order valence-electron chi connectivity index (χ2n) is 8.13. The van der Waals surface area contributed by atoms with Crippen LogP contribution in [0, 0.1) is 0 Å². The minimum absolute atomic E-state index is 0.133. The van der Waals surface area contributed by atoms with Crippen LogP contribution < -0.4 is 5.32 Å². The van der Waals surface area contributed by atoms with Gasteiger partial charge in [-0.15, -0.1) is 0 Å². The van der Waals surface area contributed by atoms with Crippen LogP contribution >= 0.6 is 0 Å². The number of esters is 1. The predicted molar refractivity (Wildman–Crippen MR) is 120 cm³/mol. The van der Waals surface area contributed by atoms with Gasteiger partial charge in [0.15, 0.2) is 0 Å². The molecule has 4 atom stereocenters. The van der Waals surface area contributed by atoms with Crippen LogP contribution in [0.3, 0.4) is 0 Å². The summed E-state index contributed by atoms with van der Waals surface area (Å²) in [5.74, 6) is -0.969. The van der Waals surface area contributed by atoms with Crippen molar-refractivity contribution in [2.24, 2.45) is 0 Å². The molecule has 2 bridgehead atoms. The number of carbonyl (C=O) groups excluding carboxylic acids is 2. The lowest BCUT2D eigenvalue weighted by Crippen LogP contribution is -2.40. The van der Waals surface area contributed by atoms with Crippen molar-refractivity contribution in [1.82, 2.24) is 5.32 Å². The number of aromatic hydroxyl groups is 1. The molecule has 1 aromatic rings. The van der Waals surface area contributed by atoms with Crippen molar-refractivity contribution in [3.63, 3.8) is 0 Å². The molecular weight excluding hydrogens is 410 g/mol. The standard InChI is InChI=1S/C25H31NO6/c1-2-3-4-5-11-23(29)26-12-7-9-19-16-21-15-18(27)14-20(31-21)13-17-8-6-10-22(28)24(17)25(30)32-19/h3-8,10-12,18-21,27-28H,2,9,13-16H2,1H3,(H,26,29)/b4-3-,11-5-,12-7+/t18-,19?,20?,21+/m0/s1. The molecule has 0 aliphatic carbocycles. The van der Waals surface area contributed by atoms with Crippen molar-refractivity contribution < 1.29 is 29.3 Å². The molecule has 2 aliphatic heterocycles. The molecule has 7 heteroatoms. The number of phenolic OH excluding ortho intramolecular Hbond substituents is 1. The Morgan fingerprint density at radius 3 is 2.81 bits per heavy atom. The fourth-order valence-corrected chi connectivity index (χ4v) is 4.07. The number of rotatable bonds is 6. The van der Waals surface area contributed by atoms with Crippen LogP contribution in [0.5, 0.6) is 5.75 Å². The van der Waals surface area contributed by atoms with E-state index >= 15 is 0 Å². The highest BCUT2D eigenvalue weighted by molar-refractivity contribution is 5.94. The van der Waals surface area contributed by atoms with E-state index in [4.69, 9.17) is 9.47 Å². The van der Waals surface area contributed by atoms with E-state index in [1.165, 1.54) is 18.3 Å². The van der Waals surface area contributed by atoms with Gasteiger partial charge in [-0.25, -0.2) is 4.79 Å². The molecule has 1 fully saturated rings. The van der Waals surface area contributed by atoms with Crippen LogP contribution in [-0.4, -0.2) is 46.5 Å². The summed E-state index contributed by atoms with van der Waals surface area (Å²) >= 11 is 0. The van der Waals surface area contributed by atoms with Crippen LogP contribution in [0.4, 0.5) is 0 Å². The quantitative estimate of drug-likeness (QED) is 0.355. The van der Waals surface area contributed by atoms with Crippen LogP contribution in [-0.2, 0) is 20.7 Å². The number of allylic oxidation sites excluding steroid dienone is 3. The number of ether oxygens (including phenoxy) is 2. The molecule has 2 unspecified atom stereocenters. The molecule has 1 saturated heterocycles. The maximum Gasteiger partial charge on any atom is 0.342 e. The average molecular weight is 442 g/mol. The summed E-state index contributed by atoms with van der Waals surface area (Å²) in [6.07, 6.45) is 11.7. The third-order valence-electron chi connectivity index (χ3n) is 5.51. The largest absolute Gasteiger partial charge is 0.507 e. The molecular formula is C25H31NO6. The number of cyclic esters (lactones) is 1. The highest BCUT2D eigenvalue weighted by Gasteiger charge is 2.34. The fourth-order valence-electron chi connectivity index (χ4n) is 4.07. The summed E-state index contributed by atoms with van der Waals surface area (Å²) in [6.45, 7) is 2.01. The van der Waals surface area contributed by atoms with Crippen molar-refractivity contribution in [3.05, 3.63) is 65.9 Å². The number of nitrogens with one attached hydrogen (secondary N) is 1. The summed E-state index contributed by atoms with van der Waals surface area (Å²) in [5, 5.41) is 23.2. The van der Waals surface area contributed by atoms with E-state index in [-0.39, 0.29) is 29.4 Å². The van der Waals surface area contributed by atoms with E-state index in [1.54, 1.807) is 24.3 Å². The first-order valence-corrected chi connectivity index (χ1v) is 11.1. The molecule has 3 rings (SSSR count). The highest BCUT2D eigenvalue weighted by atomic mass is 16.5. The molecule has 0 aromatic heterocycles. The van der Waals surface area contributed by atoms with Gasteiger partial charge in [0.25, 0.3) is 0 Å². The van der Waals surface area contributed by atoms with E-state index < -0.39 is 18.2 Å². The Balaban J connectivity index is 1.70. The zero-order valence-electron chi connectivity index (χ0n) is 18.3. The number of carbonyl (C=O) groups is 2. The zero-order chi connectivity index (χ0) is 22.9. The maximum atomic E-state index is 12.9. The topological polar surface area (TPSA) is 105 Å². The molecule has 0 radical (unpaired) electrons. The SMILES string of the molecule is CC/C=C\C=C/C(=O)N/C=C/CC1C[C@H]2C[C@@H](O)CC(Cc3cccc(O)c3C(=O)O1)O2. The second kappa shape index (κ2) is 11.6. The third kappa shape index (κ3) is 6.80. The summed E-state index contributed by atoms with van der Waals surface area (Å²) in [6, 6.07) is 4.91. The highest BCUT2D eigenvalue weighted by Crippen LogP contribution is 2.32. The molecule has 3 N–H and O–H groups in total. The van der Waals surface area contributed by atoms with Crippen molar-refractivity contribution in [2.75, 3.05) is 0 Å². The summed E-state index contributed by atoms with van der Waals surface area (Å²) in [4.78, 5) is 24.7. The second-order valence-corrected chi connectivity index (χ2v) is 8.13. The van der Waals surface area contributed by atoms with Crippen LogP contribution in [0.25, 0.3) is 0 Å². The molecule has 172 valence electrons. The number of phenols is 1. The molecule has 1 amide bonds. The van der Waals surface area contributed by atoms with Crippen molar-refractivity contribution >= 4 is 11.9 Å². The van der Waals surface area contributed by atoms with Gasteiger partial charge >= 0.3 is 5.97 Å². The first-order valence-electron chi connectivity index (χ1n) is 11.1. The summed E-state index contributed by atoms with van der Waals surface area (Å²) < 4.78 is 11.9. The molecule has 0 spiro atoms. The monoisotopic (exact) mass is 441 g/mol. The van der Waals surface area contributed by atoms with E-state index in [1.807, 2.05) is 19.1 Å². The van der Waals surface area contributed by atoms with Crippen molar-refractivity contribution in [3.8, 4) is 5.75 Å². The van der Waals surface area contributed by atoms with Gasteiger partial charge in [-0.2, -0.15) is 0 Å². The van der Waals surface area contributed by atoms with E-state index in [2.05, 4.69) is 5.32 Å². The van der Waals surface area contributed by atoms with Crippen molar-refractivity contribution in [1.29, 1.82) is 0 Å². The Kier molecular flexibility index (Phi) is 8.64. The van der Waals surface area contributed by atoms with Gasteiger partial charge in [0.1, 0.15) is 17.4 Å². The lowest BCUT2D eigenvalue weighted by atomic mass is 9.91. The summed E-state index contributed by atoms with van der Waals surface area (Å²) in [5.41, 5.74) is 0.780. The number of fused-ring (bicyclic) bond motifs is 3. The number of benzene rings is 1. The average Bonchev–Trinajstić information content (AvgIpc) is 2.73. The predicted octanol–water partition coefficient (Wildman–Crippen LogP) is 3.31. The molecule has 2 heterocycles. The first-order chi connectivity index (χ1) is 15.5. The van der Waals surface area contributed by atoms with Crippen LogP contribution in [0.2, 0.25) is 0 Å². The summed E-state index contributed by atoms with van der Waals surface area (Å²) in [7, 11) is 0. The van der Waals surface area contributed by atoms with Crippen LogP contribution in [0.1, 0.15) is 54.9 Å². The Morgan fingerprint density at radius 2 is 2.00 bits per heavy atom. The Bertz CT molecular complexity index is 890. The van der Waals surface area contributed by atoms with E-state index in [0.717, 1.165) is 6.42 Å². The number of aliphatic hydroxyl groups excluding tert-OH is 1. The van der Waals surface area contributed by atoms with E-state index in [9.17, 15) is 19.8 Å². The molecule has 2 aliphatic rings. The molecule has 0 saturated carbocycles. The first kappa shape index (κ1) is 23.8. The Labute approximate surface area is 188 Å². The lowest BCUT2D eigenvalue weighted by molar-refractivity contribution is -0.115. The minimum Gasteiger partial charge on any atom is -0.507 e. The van der Waals surface area contributed by atoms with Gasteiger partial charge in [-0.05, 0) is 37.3 Å². The third-order valence-corrected chi connectivity index (χ3v) is 5.51. The maximum absolute atomic E-state index is 12.9. The number of aliphatic hydroxyl groups is 1. The molecule has 1 aromatic carbocycles. The number of hydrogen-bond donors (Lipinski definition) is 3. The fraction of sp³-hybridized carbons (Fsp3) is 0.440. The normalized spacial score (nSPS) is 26.2. The lowest BCUT2D eigenvalue weighted by Gasteiger charge is -2.36.